The monoisotopic (exact) mass is 204 g/mol. The van der Waals surface area contributed by atoms with E-state index < -0.39 is 5.82 Å². The van der Waals surface area contributed by atoms with Gasteiger partial charge in [0.2, 0.25) is 0 Å². The molecule has 1 aromatic carbocycles. The molecule has 78 valence electrons. The van der Waals surface area contributed by atoms with E-state index in [0.29, 0.717) is 0 Å². The molecule has 3 heteroatoms. The lowest BCUT2D eigenvalue weighted by molar-refractivity contribution is 0.624. The Labute approximate surface area is 88.6 Å². The zero-order valence-electron chi connectivity index (χ0n) is 8.63. The summed E-state index contributed by atoms with van der Waals surface area (Å²) in [5, 5.41) is 0. The van der Waals surface area contributed by atoms with Gasteiger partial charge in [0.1, 0.15) is 11.7 Å². The van der Waals surface area contributed by atoms with Crippen molar-refractivity contribution < 1.29 is 4.39 Å². The van der Waals surface area contributed by atoms with Crippen LogP contribution in [0.3, 0.4) is 0 Å². The van der Waals surface area contributed by atoms with Crippen molar-refractivity contribution in [2.24, 2.45) is 10.7 Å². The third-order valence-electron chi connectivity index (χ3n) is 1.97. The van der Waals surface area contributed by atoms with E-state index in [1.807, 2.05) is 6.92 Å². The van der Waals surface area contributed by atoms with Crippen molar-refractivity contribution in [3.05, 3.63) is 54.5 Å². The fourth-order valence-corrected chi connectivity index (χ4v) is 1.16. The summed E-state index contributed by atoms with van der Waals surface area (Å²) in [5.41, 5.74) is 7.38. The molecule has 2 N–H and O–H groups in total. The predicted octanol–water partition coefficient (Wildman–Crippen LogP) is 2.71. The van der Waals surface area contributed by atoms with Crippen LogP contribution in [0, 0.1) is 5.82 Å². The molecule has 0 aromatic heterocycles. The van der Waals surface area contributed by atoms with E-state index in [-0.39, 0.29) is 11.4 Å². The van der Waals surface area contributed by atoms with E-state index in [9.17, 15) is 4.39 Å². The number of rotatable bonds is 3. The Morgan fingerprint density at radius 3 is 2.67 bits per heavy atom. The lowest BCUT2D eigenvalue weighted by Crippen LogP contribution is -2.14. The summed E-state index contributed by atoms with van der Waals surface area (Å²) in [6.07, 6.45) is 1.28. The van der Waals surface area contributed by atoms with Crippen LogP contribution in [0.15, 0.2) is 42.5 Å². The van der Waals surface area contributed by atoms with Crippen molar-refractivity contribution in [1.29, 1.82) is 0 Å². The first-order valence-corrected chi connectivity index (χ1v) is 4.46. The highest BCUT2D eigenvalue weighted by atomic mass is 19.1. The molecule has 0 heterocycles. The van der Waals surface area contributed by atoms with Crippen LogP contribution in [0.2, 0.25) is 0 Å². The molecule has 0 saturated carbocycles. The minimum atomic E-state index is -0.404. The third-order valence-corrected chi connectivity index (χ3v) is 1.97. The Morgan fingerprint density at radius 2 is 2.20 bits per heavy atom. The second kappa shape index (κ2) is 4.55. The molecule has 0 saturated heterocycles. The SMILES string of the molecule is C=C/N=C(\N)c1ccc(C(=C)C)cc1F. The topological polar surface area (TPSA) is 38.4 Å². The molecular formula is C12H13FN2. The van der Waals surface area contributed by atoms with Gasteiger partial charge in [-0.25, -0.2) is 9.38 Å². The van der Waals surface area contributed by atoms with Crippen LogP contribution in [0.4, 0.5) is 4.39 Å². The Hall–Kier alpha value is -1.90. The van der Waals surface area contributed by atoms with Gasteiger partial charge in [-0.05, 0) is 24.6 Å². The normalized spacial score (nSPS) is 11.2. The highest BCUT2D eigenvalue weighted by Crippen LogP contribution is 2.16. The third kappa shape index (κ3) is 2.53. The van der Waals surface area contributed by atoms with Crippen molar-refractivity contribution in [3.8, 4) is 0 Å². The lowest BCUT2D eigenvalue weighted by Gasteiger charge is -2.04. The van der Waals surface area contributed by atoms with Gasteiger partial charge in [0.15, 0.2) is 0 Å². The van der Waals surface area contributed by atoms with Crippen LogP contribution < -0.4 is 5.73 Å². The zero-order chi connectivity index (χ0) is 11.4. The molecular weight excluding hydrogens is 191 g/mol. The quantitative estimate of drug-likeness (QED) is 0.596. The van der Waals surface area contributed by atoms with Gasteiger partial charge >= 0.3 is 0 Å². The van der Waals surface area contributed by atoms with Crippen LogP contribution in [-0.2, 0) is 0 Å². The van der Waals surface area contributed by atoms with Crippen molar-refractivity contribution in [1.82, 2.24) is 0 Å². The highest BCUT2D eigenvalue weighted by Gasteiger charge is 2.06. The number of hydrogen-bond acceptors (Lipinski definition) is 1. The summed E-state index contributed by atoms with van der Waals surface area (Å²) in [7, 11) is 0. The second-order valence-corrected chi connectivity index (χ2v) is 3.17. The van der Waals surface area contributed by atoms with Gasteiger partial charge in [-0.2, -0.15) is 0 Å². The average Bonchev–Trinajstić information content (AvgIpc) is 2.17. The standard InChI is InChI=1S/C12H13FN2/c1-4-15-12(14)10-6-5-9(8(2)3)7-11(10)13/h4-7H,1-2H2,3H3,(H2,14,15). The van der Waals surface area contributed by atoms with Crippen molar-refractivity contribution in [2.45, 2.75) is 6.92 Å². The number of nitrogens with two attached hydrogens (primary N) is 1. The Morgan fingerprint density at radius 1 is 1.53 bits per heavy atom. The summed E-state index contributed by atoms with van der Waals surface area (Å²) < 4.78 is 13.5. The number of nitrogens with zero attached hydrogens (tertiary/aromatic N) is 1. The number of aliphatic imine (C=N–C) groups is 1. The second-order valence-electron chi connectivity index (χ2n) is 3.17. The van der Waals surface area contributed by atoms with Crippen LogP contribution in [0.5, 0.6) is 0 Å². The molecule has 0 amide bonds. The maximum absolute atomic E-state index is 13.5. The zero-order valence-corrected chi connectivity index (χ0v) is 8.63. The first-order chi connectivity index (χ1) is 7.06. The maximum atomic E-state index is 13.5. The van der Waals surface area contributed by atoms with Crippen LogP contribution in [-0.4, -0.2) is 5.84 Å². The maximum Gasteiger partial charge on any atom is 0.134 e. The van der Waals surface area contributed by atoms with Gasteiger partial charge in [0.05, 0.1) is 5.56 Å². The number of allylic oxidation sites excluding steroid dienone is 1. The molecule has 0 atom stereocenters. The molecule has 0 aliphatic rings. The van der Waals surface area contributed by atoms with Crippen molar-refractivity contribution in [3.63, 3.8) is 0 Å². The van der Waals surface area contributed by atoms with Gasteiger partial charge in [0.25, 0.3) is 0 Å². The van der Waals surface area contributed by atoms with Crippen LogP contribution in [0.1, 0.15) is 18.1 Å². The predicted molar refractivity (Wildman–Crippen MR) is 62.0 cm³/mol. The largest absolute Gasteiger partial charge is 0.383 e. The molecule has 15 heavy (non-hydrogen) atoms. The minimum absolute atomic E-state index is 0.121. The molecule has 0 fully saturated rings. The van der Waals surface area contributed by atoms with E-state index in [1.54, 1.807) is 12.1 Å². The van der Waals surface area contributed by atoms with Gasteiger partial charge < -0.3 is 5.73 Å². The number of benzene rings is 1. The fourth-order valence-electron chi connectivity index (χ4n) is 1.16. The summed E-state index contributed by atoms with van der Waals surface area (Å²) in [5.74, 6) is -0.283. The Balaban J connectivity index is 3.19. The van der Waals surface area contributed by atoms with Crippen LogP contribution in [0.25, 0.3) is 5.57 Å². The summed E-state index contributed by atoms with van der Waals surface area (Å²) >= 11 is 0. The molecule has 0 aliphatic heterocycles. The van der Waals surface area contributed by atoms with E-state index >= 15 is 0 Å². The molecule has 0 radical (unpaired) electrons. The molecule has 0 bridgehead atoms. The Kier molecular flexibility index (Phi) is 3.39. The number of halogens is 1. The van der Waals surface area contributed by atoms with E-state index in [2.05, 4.69) is 18.2 Å². The van der Waals surface area contributed by atoms with Crippen LogP contribution >= 0.6 is 0 Å². The summed E-state index contributed by atoms with van der Waals surface area (Å²) in [6.45, 7) is 8.95. The van der Waals surface area contributed by atoms with Gasteiger partial charge in [0, 0.05) is 6.20 Å². The summed E-state index contributed by atoms with van der Waals surface area (Å²) in [6, 6.07) is 4.73. The Bertz CT molecular complexity index is 433. The highest BCUT2D eigenvalue weighted by molar-refractivity contribution is 5.98. The number of amidine groups is 1. The van der Waals surface area contributed by atoms with Gasteiger partial charge in [-0.1, -0.05) is 24.8 Å². The van der Waals surface area contributed by atoms with E-state index in [0.717, 1.165) is 11.1 Å². The molecule has 2 nitrogen and oxygen atoms in total. The molecule has 1 rings (SSSR count). The van der Waals surface area contributed by atoms with Crippen molar-refractivity contribution >= 4 is 11.4 Å². The summed E-state index contributed by atoms with van der Waals surface area (Å²) in [4.78, 5) is 3.73. The molecule has 1 aromatic rings. The van der Waals surface area contributed by atoms with Crippen molar-refractivity contribution in [2.75, 3.05) is 0 Å². The first kappa shape index (κ1) is 11.2. The lowest BCUT2D eigenvalue weighted by atomic mass is 10.1. The van der Waals surface area contributed by atoms with Gasteiger partial charge in [-0.15, -0.1) is 0 Å². The van der Waals surface area contributed by atoms with E-state index in [1.165, 1.54) is 12.3 Å². The minimum Gasteiger partial charge on any atom is -0.383 e. The number of hydrogen-bond donors (Lipinski definition) is 1. The molecule has 0 spiro atoms. The van der Waals surface area contributed by atoms with E-state index in [4.69, 9.17) is 5.73 Å². The van der Waals surface area contributed by atoms with Gasteiger partial charge in [-0.3, -0.25) is 0 Å². The first-order valence-electron chi connectivity index (χ1n) is 4.46. The molecule has 0 aliphatic carbocycles. The average molecular weight is 204 g/mol. The fraction of sp³-hybridized carbons (Fsp3) is 0.0833. The molecule has 0 unspecified atom stereocenters. The smallest absolute Gasteiger partial charge is 0.134 e.